The highest BCUT2D eigenvalue weighted by atomic mass is 16.6. The number of ether oxygens (including phenoxy) is 1. The molecule has 0 aliphatic carbocycles. The molecule has 1 atom stereocenters. The maximum Gasteiger partial charge on any atom is 0.410 e. The van der Waals surface area contributed by atoms with Crippen molar-refractivity contribution in [1.82, 2.24) is 19.7 Å². The molecule has 0 unspecified atom stereocenters. The Morgan fingerprint density at radius 2 is 2.17 bits per heavy atom. The molecule has 0 spiro atoms. The van der Waals surface area contributed by atoms with E-state index < -0.39 is 5.60 Å². The second kappa shape index (κ2) is 8.05. The van der Waals surface area contributed by atoms with Crippen molar-refractivity contribution in [2.24, 2.45) is 0 Å². The van der Waals surface area contributed by atoms with Crippen LogP contribution < -0.4 is 5.32 Å². The van der Waals surface area contributed by atoms with Crippen molar-refractivity contribution in [1.29, 1.82) is 0 Å². The Morgan fingerprint density at radius 1 is 1.31 bits per heavy atom. The molecule has 7 heteroatoms. The van der Waals surface area contributed by atoms with Crippen LogP contribution in [0.15, 0.2) is 24.5 Å². The fraction of sp³-hybridized carbons (Fsp3) is 0.591. The van der Waals surface area contributed by atoms with Crippen LogP contribution in [0, 0.1) is 0 Å². The van der Waals surface area contributed by atoms with Gasteiger partial charge in [0, 0.05) is 31.5 Å². The fourth-order valence-electron chi connectivity index (χ4n) is 3.94. The minimum Gasteiger partial charge on any atom is -0.444 e. The monoisotopic (exact) mass is 397 g/mol. The summed E-state index contributed by atoms with van der Waals surface area (Å²) in [6.45, 7) is 8.05. The van der Waals surface area contributed by atoms with E-state index in [0.717, 1.165) is 43.7 Å². The quantitative estimate of drug-likeness (QED) is 0.853. The zero-order valence-electron chi connectivity index (χ0n) is 17.6. The molecule has 1 amide bonds. The highest BCUT2D eigenvalue weighted by Gasteiger charge is 2.31. The van der Waals surface area contributed by atoms with Crippen molar-refractivity contribution in [3.05, 3.63) is 41.3 Å². The first-order valence-corrected chi connectivity index (χ1v) is 10.6. The van der Waals surface area contributed by atoms with Crippen LogP contribution in [0.3, 0.4) is 0 Å². The summed E-state index contributed by atoms with van der Waals surface area (Å²) in [5.74, 6) is 1.05. The molecule has 0 radical (unpaired) electrons. The Kier molecular flexibility index (Phi) is 5.48. The van der Waals surface area contributed by atoms with Crippen LogP contribution in [0.4, 0.5) is 10.6 Å². The average Bonchev–Trinajstić information content (AvgIpc) is 3.34. The molecule has 156 valence electrons. The van der Waals surface area contributed by atoms with Gasteiger partial charge in [0.15, 0.2) is 0 Å². The van der Waals surface area contributed by atoms with Crippen molar-refractivity contribution in [3.8, 4) is 0 Å². The van der Waals surface area contributed by atoms with E-state index in [2.05, 4.69) is 28.7 Å². The SMILES string of the molecule is CC(C)(C)OC(=O)N1CC[C@@H](n2cc(CCc3ccc4c(n3)NCCC4)cn2)C1. The number of hydrogen-bond acceptors (Lipinski definition) is 5. The molecule has 4 heterocycles. The number of amides is 1. The summed E-state index contributed by atoms with van der Waals surface area (Å²) in [7, 11) is 0. The van der Waals surface area contributed by atoms with Gasteiger partial charge in [-0.3, -0.25) is 4.68 Å². The van der Waals surface area contributed by atoms with Gasteiger partial charge in [-0.05, 0) is 70.1 Å². The summed E-state index contributed by atoms with van der Waals surface area (Å²) in [5, 5.41) is 7.95. The zero-order chi connectivity index (χ0) is 20.4. The lowest BCUT2D eigenvalue weighted by atomic mass is 10.1. The fourth-order valence-corrected chi connectivity index (χ4v) is 3.94. The molecule has 0 bridgehead atoms. The number of rotatable bonds is 4. The predicted octanol–water partition coefficient (Wildman–Crippen LogP) is 3.60. The number of nitrogens with zero attached hydrogens (tertiary/aromatic N) is 4. The Balaban J connectivity index is 1.31. The van der Waals surface area contributed by atoms with E-state index >= 15 is 0 Å². The van der Waals surface area contributed by atoms with Crippen LogP contribution in [0.1, 0.15) is 56.5 Å². The largest absolute Gasteiger partial charge is 0.444 e. The molecule has 1 saturated heterocycles. The van der Waals surface area contributed by atoms with E-state index in [-0.39, 0.29) is 12.1 Å². The second-order valence-corrected chi connectivity index (χ2v) is 9.04. The third-order valence-corrected chi connectivity index (χ3v) is 5.47. The summed E-state index contributed by atoms with van der Waals surface area (Å²) in [5.41, 5.74) is 3.17. The first-order chi connectivity index (χ1) is 13.9. The van der Waals surface area contributed by atoms with Crippen LogP contribution in [0.5, 0.6) is 0 Å². The van der Waals surface area contributed by atoms with E-state index in [4.69, 9.17) is 9.72 Å². The van der Waals surface area contributed by atoms with E-state index in [1.807, 2.05) is 31.6 Å². The van der Waals surface area contributed by atoms with Crippen LogP contribution in [0.25, 0.3) is 0 Å². The van der Waals surface area contributed by atoms with Crippen molar-refractivity contribution in [2.75, 3.05) is 25.0 Å². The van der Waals surface area contributed by atoms with Gasteiger partial charge < -0.3 is 15.0 Å². The normalized spacial score (nSPS) is 19.0. The highest BCUT2D eigenvalue weighted by molar-refractivity contribution is 5.68. The second-order valence-electron chi connectivity index (χ2n) is 9.04. The Labute approximate surface area is 172 Å². The first-order valence-electron chi connectivity index (χ1n) is 10.6. The van der Waals surface area contributed by atoms with Crippen LogP contribution >= 0.6 is 0 Å². The van der Waals surface area contributed by atoms with E-state index in [0.29, 0.717) is 13.1 Å². The third-order valence-electron chi connectivity index (χ3n) is 5.47. The number of nitrogens with one attached hydrogen (secondary N) is 1. The maximum absolute atomic E-state index is 12.3. The van der Waals surface area contributed by atoms with Gasteiger partial charge in [0.25, 0.3) is 0 Å². The van der Waals surface area contributed by atoms with Gasteiger partial charge in [-0.1, -0.05) is 6.07 Å². The number of carbonyl (C=O) groups excluding carboxylic acids is 1. The molecule has 0 aromatic carbocycles. The Bertz CT molecular complexity index is 870. The summed E-state index contributed by atoms with van der Waals surface area (Å²) in [6, 6.07) is 4.56. The van der Waals surface area contributed by atoms with Crippen LogP contribution in [-0.2, 0) is 24.0 Å². The van der Waals surface area contributed by atoms with Gasteiger partial charge in [0.1, 0.15) is 11.4 Å². The summed E-state index contributed by atoms with van der Waals surface area (Å²) < 4.78 is 7.48. The summed E-state index contributed by atoms with van der Waals surface area (Å²) in [6.07, 6.45) is 8.82. The van der Waals surface area contributed by atoms with Crippen molar-refractivity contribution < 1.29 is 9.53 Å². The van der Waals surface area contributed by atoms with E-state index in [1.165, 1.54) is 17.5 Å². The third kappa shape index (κ3) is 4.89. The van der Waals surface area contributed by atoms with Gasteiger partial charge in [-0.2, -0.15) is 5.10 Å². The first kappa shape index (κ1) is 19.7. The number of anilines is 1. The minimum absolute atomic E-state index is 0.210. The van der Waals surface area contributed by atoms with E-state index in [1.54, 1.807) is 4.90 Å². The molecule has 2 aliphatic heterocycles. The average molecular weight is 398 g/mol. The Morgan fingerprint density at radius 3 is 3.00 bits per heavy atom. The lowest BCUT2D eigenvalue weighted by Crippen LogP contribution is -2.35. The zero-order valence-corrected chi connectivity index (χ0v) is 17.6. The molecule has 29 heavy (non-hydrogen) atoms. The molecule has 4 rings (SSSR count). The maximum atomic E-state index is 12.3. The smallest absolute Gasteiger partial charge is 0.410 e. The van der Waals surface area contributed by atoms with Crippen molar-refractivity contribution >= 4 is 11.9 Å². The van der Waals surface area contributed by atoms with Gasteiger partial charge in [-0.25, -0.2) is 9.78 Å². The molecule has 1 N–H and O–H groups in total. The number of likely N-dealkylation sites (tertiary alicyclic amines) is 1. The minimum atomic E-state index is -0.464. The van der Waals surface area contributed by atoms with Gasteiger partial charge in [0.05, 0.1) is 12.2 Å². The standard InChI is InChI=1S/C22H31N5O2/c1-22(2,3)29-21(28)26-12-10-19(15-26)27-14-16(13-24-27)6-8-18-9-7-17-5-4-11-23-20(17)25-18/h7,9,13-14,19H,4-6,8,10-12,15H2,1-3H3,(H,23,25)/t19-/m1/s1. The topological polar surface area (TPSA) is 72.3 Å². The molecular weight excluding hydrogens is 366 g/mol. The molecule has 2 aromatic rings. The summed E-state index contributed by atoms with van der Waals surface area (Å²) in [4.78, 5) is 18.8. The van der Waals surface area contributed by atoms with Crippen molar-refractivity contribution in [3.63, 3.8) is 0 Å². The van der Waals surface area contributed by atoms with Crippen LogP contribution in [-0.4, -0.2) is 51.0 Å². The molecule has 2 aromatic heterocycles. The van der Waals surface area contributed by atoms with Gasteiger partial charge in [0.2, 0.25) is 0 Å². The molecule has 7 nitrogen and oxygen atoms in total. The van der Waals surface area contributed by atoms with Crippen molar-refractivity contribution in [2.45, 2.75) is 64.5 Å². The highest BCUT2D eigenvalue weighted by Crippen LogP contribution is 2.24. The number of pyridine rings is 1. The number of carbonyl (C=O) groups is 1. The number of hydrogen-bond donors (Lipinski definition) is 1. The molecule has 1 fully saturated rings. The van der Waals surface area contributed by atoms with Gasteiger partial charge in [-0.15, -0.1) is 0 Å². The number of aryl methyl sites for hydroxylation is 3. The lowest BCUT2D eigenvalue weighted by Gasteiger charge is -2.24. The van der Waals surface area contributed by atoms with Gasteiger partial charge >= 0.3 is 6.09 Å². The number of fused-ring (bicyclic) bond motifs is 1. The summed E-state index contributed by atoms with van der Waals surface area (Å²) >= 11 is 0. The molecular formula is C22H31N5O2. The predicted molar refractivity (Wildman–Crippen MR) is 112 cm³/mol. The molecule has 0 saturated carbocycles. The lowest BCUT2D eigenvalue weighted by molar-refractivity contribution is 0.0288. The Hall–Kier alpha value is -2.57. The number of aromatic nitrogens is 3. The molecule has 2 aliphatic rings. The van der Waals surface area contributed by atoms with Crippen LogP contribution in [0.2, 0.25) is 0 Å². The van der Waals surface area contributed by atoms with E-state index in [9.17, 15) is 4.79 Å².